The summed E-state index contributed by atoms with van der Waals surface area (Å²) < 4.78 is 0. The van der Waals surface area contributed by atoms with Gasteiger partial charge in [0.1, 0.15) is 0 Å². The van der Waals surface area contributed by atoms with E-state index in [9.17, 15) is 0 Å². The molecule has 0 amide bonds. The van der Waals surface area contributed by atoms with Crippen LogP contribution in [-0.4, -0.2) is 9.94 Å². The molecule has 0 saturated heterocycles. The Hall–Kier alpha value is -1.77. The number of nitrogens with zero attached hydrogens (tertiary/aromatic N) is 2. The van der Waals surface area contributed by atoms with Crippen LogP contribution in [0, 0.1) is 13.8 Å². The van der Waals surface area contributed by atoms with Crippen molar-refractivity contribution < 1.29 is 4.84 Å². The summed E-state index contributed by atoms with van der Waals surface area (Å²) in [5.74, 6) is 0.811. The maximum absolute atomic E-state index is 5.49. The van der Waals surface area contributed by atoms with Gasteiger partial charge in [0.2, 0.25) is 0 Å². The van der Waals surface area contributed by atoms with Gasteiger partial charge in [-0.15, -0.1) is 9.94 Å². The van der Waals surface area contributed by atoms with Crippen molar-refractivity contribution in [1.82, 2.24) is 9.94 Å². The van der Waals surface area contributed by atoms with Crippen molar-refractivity contribution in [3.05, 3.63) is 47.8 Å². The van der Waals surface area contributed by atoms with Crippen molar-refractivity contribution in [2.75, 3.05) is 0 Å². The molecule has 0 aliphatic heterocycles. The third-order valence-electron chi connectivity index (χ3n) is 1.87. The molecule has 2 aromatic rings. The van der Waals surface area contributed by atoms with Gasteiger partial charge in [-0.3, -0.25) is 0 Å². The molecule has 0 N–H and O–H groups in total. The first kappa shape index (κ1) is 8.81. The molecule has 0 spiro atoms. The van der Waals surface area contributed by atoms with Crippen molar-refractivity contribution in [1.29, 1.82) is 0 Å². The van der Waals surface area contributed by atoms with Crippen LogP contribution in [0.3, 0.4) is 0 Å². The highest BCUT2D eigenvalue weighted by Gasteiger charge is 1.98. The SMILES string of the molecule is Cc1cc(C)cc(On2cccn2)c1. The van der Waals surface area contributed by atoms with Crippen molar-refractivity contribution >= 4 is 0 Å². The lowest BCUT2D eigenvalue weighted by molar-refractivity contribution is 0.178. The molecule has 1 heterocycles. The summed E-state index contributed by atoms with van der Waals surface area (Å²) in [7, 11) is 0. The standard InChI is InChI=1S/C11H12N2O/c1-9-6-10(2)8-11(7-9)14-13-5-3-4-12-13/h3-8H,1-2H3. The van der Waals surface area contributed by atoms with Gasteiger partial charge in [0, 0.05) is 0 Å². The predicted octanol–water partition coefficient (Wildman–Crippen LogP) is 2.34. The van der Waals surface area contributed by atoms with Crippen LogP contribution in [0.25, 0.3) is 0 Å². The number of aromatic nitrogens is 2. The average Bonchev–Trinajstić information content (AvgIpc) is 2.54. The highest BCUT2D eigenvalue weighted by molar-refractivity contribution is 5.32. The quantitative estimate of drug-likeness (QED) is 0.723. The minimum atomic E-state index is 0.811. The van der Waals surface area contributed by atoms with Crippen LogP contribution in [0.15, 0.2) is 36.7 Å². The fourth-order valence-electron chi connectivity index (χ4n) is 1.40. The Balaban J connectivity index is 2.25. The Morgan fingerprint density at radius 3 is 2.43 bits per heavy atom. The summed E-state index contributed by atoms with van der Waals surface area (Å²) >= 11 is 0. The van der Waals surface area contributed by atoms with E-state index in [1.165, 1.54) is 16.0 Å². The van der Waals surface area contributed by atoms with Gasteiger partial charge in [0.05, 0.1) is 12.4 Å². The van der Waals surface area contributed by atoms with Gasteiger partial charge in [-0.05, 0) is 43.2 Å². The van der Waals surface area contributed by atoms with Gasteiger partial charge in [-0.25, -0.2) is 0 Å². The normalized spacial score (nSPS) is 10.1. The van der Waals surface area contributed by atoms with Gasteiger partial charge in [0.15, 0.2) is 5.75 Å². The Morgan fingerprint density at radius 2 is 1.86 bits per heavy atom. The number of benzene rings is 1. The molecule has 1 aromatic heterocycles. The lowest BCUT2D eigenvalue weighted by atomic mass is 10.1. The van der Waals surface area contributed by atoms with Crippen molar-refractivity contribution in [3.63, 3.8) is 0 Å². The van der Waals surface area contributed by atoms with Crippen LogP contribution in [0.4, 0.5) is 0 Å². The van der Waals surface area contributed by atoms with E-state index < -0.39 is 0 Å². The highest BCUT2D eigenvalue weighted by Crippen LogP contribution is 2.16. The van der Waals surface area contributed by atoms with E-state index in [0.29, 0.717) is 0 Å². The van der Waals surface area contributed by atoms with E-state index in [-0.39, 0.29) is 0 Å². The van der Waals surface area contributed by atoms with Gasteiger partial charge in [0.25, 0.3) is 0 Å². The molecule has 3 heteroatoms. The maximum Gasteiger partial charge on any atom is 0.158 e. The molecular weight excluding hydrogens is 176 g/mol. The molecule has 0 bridgehead atoms. The third kappa shape index (κ3) is 1.93. The van der Waals surface area contributed by atoms with E-state index >= 15 is 0 Å². The molecule has 0 radical (unpaired) electrons. The number of aryl methyl sites for hydroxylation is 2. The van der Waals surface area contributed by atoms with Crippen molar-refractivity contribution in [3.8, 4) is 5.75 Å². The van der Waals surface area contributed by atoms with Gasteiger partial charge < -0.3 is 4.84 Å². The monoisotopic (exact) mass is 188 g/mol. The van der Waals surface area contributed by atoms with Gasteiger partial charge >= 0.3 is 0 Å². The molecule has 0 unspecified atom stereocenters. The predicted molar refractivity (Wildman–Crippen MR) is 54.2 cm³/mol. The summed E-state index contributed by atoms with van der Waals surface area (Å²) in [6, 6.07) is 7.89. The second kappa shape index (κ2) is 3.54. The molecule has 1 aromatic carbocycles. The molecular formula is C11H12N2O. The minimum absolute atomic E-state index is 0.811. The molecule has 0 saturated carbocycles. The number of hydrogen-bond acceptors (Lipinski definition) is 2. The maximum atomic E-state index is 5.49. The highest BCUT2D eigenvalue weighted by atomic mass is 16.7. The zero-order chi connectivity index (χ0) is 9.97. The first-order valence-corrected chi connectivity index (χ1v) is 4.50. The number of hydrogen-bond donors (Lipinski definition) is 0. The first-order chi connectivity index (χ1) is 6.74. The van der Waals surface area contributed by atoms with E-state index in [2.05, 4.69) is 11.2 Å². The Labute approximate surface area is 82.9 Å². The third-order valence-corrected chi connectivity index (χ3v) is 1.87. The van der Waals surface area contributed by atoms with E-state index in [0.717, 1.165) is 5.75 Å². The Morgan fingerprint density at radius 1 is 1.14 bits per heavy atom. The zero-order valence-electron chi connectivity index (χ0n) is 8.27. The molecule has 2 rings (SSSR count). The van der Waals surface area contributed by atoms with Crippen molar-refractivity contribution in [2.45, 2.75) is 13.8 Å². The molecule has 0 aliphatic rings. The van der Waals surface area contributed by atoms with Crippen LogP contribution in [-0.2, 0) is 0 Å². The minimum Gasteiger partial charge on any atom is -0.358 e. The lowest BCUT2D eigenvalue weighted by Gasteiger charge is -2.05. The van der Waals surface area contributed by atoms with E-state index in [4.69, 9.17) is 4.84 Å². The fourth-order valence-corrected chi connectivity index (χ4v) is 1.40. The second-order valence-electron chi connectivity index (χ2n) is 3.32. The molecule has 0 atom stereocenters. The van der Waals surface area contributed by atoms with E-state index in [1.807, 2.05) is 32.0 Å². The summed E-state index contributed by atoms with van der Waals surface area (Å²) in [6.07, 6.45) is 3.44. The molecule has 14 heavy (non-hydrogen) atoms. The van der Waals surface area contributed by atoms with Crippen LogP contribution in [0.5, 0.6) is 5.75 Å². The van der Waals surface area contributed by atoms with Crippen molar-refractivity contribution in [2.24, 2.45) is 0 Å². The Bertz CT molecular complexity index is 401. The van der Waals surface area contributed by atoms with Crippen LogP contribution in [0.1, 0.15) is 11.1 Å². The molecule has 0 aliphatic carbocycles. The zero-order valence-corrected chi connectivity index (χ0v) is 8.27. The molecule has 72 valence electrons. The average molecular weight is 188 g/mol. The second-order valence-corrected chi connectivity index (χ2v) is 3.32. The topological polar surface area (TPSA) is 27.1 Å². The Kier molecular flexibility index (Phi) is 2.23. The van der Waals surface area contributed by atoms with Gasteiger partial charge in [-0.1, -0.05) is 6.07 Å². The van der Waals surface area contributed by atoms with Gasteiger partial charge in [-0.2, -0.15) is 0 Å². The largest absolute Gasteiger partial charge is 0.358 e. The summed E-state index contributed by atoms with van der Waals surface area (Å²) in [5.41, 5.74) is 2.37. The molecule has 0 fully saturated rings. The first-order valence-electron chi connectivity index (χ1n) is 4.50. The molecule has 3 nitrogen and oxygen atoms in total. The summed E-state index contributed by atoms with van der Waals surface area (Å²) in [5, 5.41) is 3.97. The number of rotatable bonds is 2. The van der Waals surface area contributed by atoms with Crippen LogP contribution in [0.2, 0.25) is 0 Å². The summed E-state index contributed by atoms with van der Waals surface area (Å²) in [4.78, 5) is 6.92. The fraction of sp³-hybridized carbons (Fsp3) is 0.182. The van der Waals surface area contributed by atoms with Crippen LogP contribution < -0.4 is 4.84 Å². The smallest absolute Gasteiger partial charge is 0.158 e. The lowest BCUT2D eigenvalue weighted by Crippen LogP contribution is -2.05. The van der Waals surface area contributed by atoms with Crippen LogP contribution >= 0.6 is 0 Å². The van der Waals surface area contributed by atoms with E-state index in [1.54, 1.807) is 12.4 Å². The summed E-state index contributed by atoms with van der Waals surface area (Å²) in [6.45, 7) is 4.09.